The molecule has 112 valence electrons. The largest absolute Gasteiger partial charge is 0.484 e. The van der Waals surface area contributed by atoms with Gasteiger partial charge in [-0.2, -0.15) is 0 Å². The van der Waals surface area contributed by atoms with Crippen LogP contribution >= 0.6 is 15.9 Å². The molecule has 0 saturated heterocycles. The minimum absolute atomic E-state index is 0.0620. The van der Waals surface area contributed by atoms with Gasteiger partial charge in [-0.1, -0.05) is 15.9 Å². The lowest BCUT2D eigenvalue weighted by molar-refractivity contribution is -0.133. The second-order valence-corrected chi connectivity index (χ2v) is 7.79. The lowest BCUT2D eigenvalue weighted by Gasteiger charge is -2.24. The van der Waals surface area contributed by atoms with E-state index < -0.39 is 9.84 Å². The molecule has 0 bridgehead atoms. The fourth-order valence-electron chi connectivity index (χ4n) is 1.57. The van der Waals surface area contributed by atoms with Gasteiger partial charge >= 0.3 is 0 Å². The minimum atomic E-state index is -3.11. The van der Waals surface area contributed by atoms with Crippen LogP contribution in [0.1, 0.15) is 6.92 Å². The number of hydrogen-bond acceptors (Lipinski definition) is 4. The maximum atomic E-state index is 11.9. The summed E-state index contributed by atoms with van der Waals surface area (Å²) in [6.07, 6.45) is 1.15. The van der Waals surface area contributed by atoms with Crippen LogP contribution in [0.5, 0.6) is 5.75 Å². The van der Waals surface area contributed by atoms with Gasteiger partial charge in [-0.15, -0.1) is 0 Å². The third-order valence-electron chi connectivity index (χ3n) is 2.77. The molecule has 0 spiro atoms. The lowest BCUT2D eigenvalue weighted by Crippen LogP contribution is -2.41. The SMILES string of the molecule is C[C@@H](CS(C)(=O)=O)N(C)C(=O)COc1ccc(Br)cc1. The molecule has 0 saturated carbocycles. The number of ether oxygens (including phenoxy) is 1. The number of likely N-dealkylation sites (N-methyl/N-ethyl adjacent to an activating group) is 1. The summed E-state index contributed by atoms with van der Waals surface area (Å²) in [6.45, 7) is 1.57. The van der Waals surface area contributed by atoms with Gasteiger partial charge in [0.15, 0.2) is 6.61 Å². The minimum Gasteiger partial charge on any atom is -0.484 e. The Balaban J connectivity index is 2.51. The Bertz CT molecular complexity index is 556. The fourth-order valence-corrected chi connectivity index (χ4v) is 2.94. The van der Waals surface area contributed by atoms with Crippen molar-refractivity contribution < 1.29 is 17.9 Å². The van der Waals surface area contributed by atoms with E-state index in [0.29, 0.717) is 5.75 Å². The Hall–Kier alpha value is -1.08. The van der Waals surface area contributed by atoms with Crippen molar-refractivity contribution in [1.82, 2.24) is 4.90 Å². The molecule has 0 radical (unpaired) electrons. The van der Waals surface area contributed by atoms with Crippen molar-refractivity contribution in [3.05, 3.63) is 28.7 Å². The highest BCUT2D eigenvalue weighted by molar-refractivity contribution is 9.10. The summed E-state index contributed by atoms with van der Waals surface area (Å²) in [4.78, 5) is 13.3. The van der Waals surface area contributed by atoms with Crippen LogP contribution in [-0.2, 0) is 14.6 Å². The number of hydrogen-bond donors (Lipinski definition) is 0. The van der Waals surface area contributed by atoms with Crippen molar-refractivity contribution in [1.29, 1.82) is 0 Å². The first kappa shape index (κ1) is 17.0. The molecule has 20 heavy (non-hydrogen) atoms. The highest BCUT2D eigenvalue weighted by Gasteiger charge is 2.20. The van der Waals surface area contributed by atoms with E-state index in [2.05, 4.69) is 15.9 Å². The molecule has 1 aromatic carbocycles. The smallest absolute Gasteiger partial charge is 0.260 e. The molecule has 0 heterocycles. The van der Waals surface area contributed by atoms with Gasteiger partial charge in [-0.25, -0.2) is 8.42 Å². The number of benzene rings is 1. The van der Waals surface area contributed by atoms with Crippen molar-refractivity contribution in [3.8, 4) is 5.75 Å². The average Bonchev–Trinajstić information content (AvgIpc) is 2.34. The molecule has 0 aliphatic rings. The van der Waals surface area contributed by atoms with Crippen LogP contribution in [0.4, 0.5) is 0 Å². The molecular formula is C13H18BrNO4S. The molecule has 0 aromatic heterocycles. The number of carbonyl (C=O) groups excluding carboxylic acids is 1. The number of carbonyl (C=O) groups is 1. The maximum absolute atomic E-state index is 11.9. The van der Waals surface area contributed by atoms with E-state index in [1.165, 1.54) is 4.90 Å². The Morgan fingerprint density at radius 2 is 1.90 bits per heavy atom. The monoisotopic (exact) mass is 363 g/mol. The van der Waals surface area contributed by atoms with Crippen LogP contribution in [0.15, 0.2) is 28.7 Å². The molecule has 1 atom stereocenters. The Labute approximate surface area is 128 Å². The molecule has 0 aliphatic heterocycles. The summed E-state index contributed by atoms with van der Waals surface area (Å²) in [5, 5.41) is 0. The van der Waals surface area contributed by atoms with Gasteiger partial charge in [0.2, 0.25) is 0 Å². The predicted molar refractivity (Wildman–Crippen MR) is 81.6 cm³/mol. The van der Waals surface area contributed by atoms with E-state index in [0.717, 1.165) is 10.7 Å². The highest BCUT2D eigenvalue weighted by Crippen LogP contribution is 2.16. The van der Waals surface area contributed by atoms with Crippen molar-refractivity contribution in [2.45, 2.75) is 13.0 Å². The van der Waals surface area contributed by atoms with Gasteiger partial charge in [0.25, 0.3) is 5.91 Å². The van der Waals surface area contributed by atoms with Gasteiger partial charge in [-0.05, 0) is 31.2 Å². The summed E-state index contributed by atoms with van der Waals surface area (Å²) in [7, 11) is -1.54. The van der Waals surface area contributed by atoms with Crippen LogP contribution in [0.2, 0.25) is 0 Å². The molecule has 5 nitrogen and oxygen atoms in total. The first-order chi connectivity index (χ1) is 9.19. The highest BCUT2D eigenvalue weighted by atomic mass is 79.9. The molecule has 0 unspecified atom stereocenters. The van der Waals surface area contributed by atoms with Crippen molar-refractivity contribution >= 4 is 31.7 Å². The third-order valence-corrected chi connectivity index (χ3v) is 4.39. The van der Waals surface area contributed by atoms with Gasteiger partial charge in [-0.3, -0.25) is 4.79 Å². The summed E-state index contributed by atoms with van der Waals surface area (Å²) in [6, 6.07) is 6.74. The quantitative estimate of drug-likeness (QED) is 0.771. The average molecular weight is 364 g/mol. The van der Waals surface area contributed by atoms with E-state index in [-0.39, 0.29) is 24.3 Å². The first-order valence-corrected chi connectivity index (χ1v) is 8.86. The van der Waals surface area contributed by atoms with E-state index >= 15 is 0 Å². The number of nitrogens with zero attached hydrogens (tertiary/aromatic N) is 1. The normalized spacial score (nSPS) is 12.8. The zero-order chi connectivity index (χ0) is 15.3. The molecule has 0 fully saturated rings. The summed E-state index contributed by atoms with van der Waals surface area (Å²) < 4.78 is 28.7. The lowest BCUT2D eigenvalue weighted by atomic mass is 10.3. The Morgan fingerprint density at radius 1 is 1.35 bits per heavy atom. The van der Waals surface area contributed by atoms with Crippen LogP contribution in [0.25, 0.3) is 0 Å². The van der Waals surface area contributed by atoms with Crippen LogP contribution in [0.3, 0.4) is 0 Å². The third kappa shape index (κ3) is 5.92. The Morgan fingerprint density at radius 3 is 2.40 bits per heavy atom. The number of halogens is 1. The second kappa shape index (κ2) is 7.08. The molecule has 7 heteroatoms. The standard InChI is InChI=1S/C13H18BrNO4S/c1-10(9-20(3,17)18)15(2)13(16)8-19-12-6-4-11(14)5-7-12/h4-7,10H,8-9H2,1-3H3/t10-/m0/s1. The molecule has 1 rings (SSSR count). The maximum Gasteiger partial charge on any atom is 0.260 e. The summed E-state index contributed by atoms with van der Waals surface area (Å²) in [5.41, 5.74) is 0. The number of sulfone groups is 1. The van der Waals surface area contributed by atoms with E-state index in [4.69, 9.17) is 4.74 Å². The van der Waals surface area contributed by atoms with Gasteiger partial charge in [0.05, 0.1) is 5.75 Å². The number of rotatable bonds is 6. The first-order valence-electron chi connectivity index (χ1n) is 6.01. The summed E-state index contributed by atoms with van der Waals surface area (Å²) in [5.74, 6) is 0.267. The van der Waals surface area contributed by atoms with Crippen molar-refractivity contribution in [2.75, 3.05) is 25.7 Å². The number of amides is 1. The van der Waals surface area contributed by atoms with Gasteiger partial charge in [0.1, 0.15) is 15.6 Å². The zero-order valence-corrected chi connectivity index (χ0v) is 14.1. The van der Waals surface area contributed by atoms with Crippen LogP contribution in [-0.4, -0.2) is 50.9 Å². The molecule has 0 aliphatic carbocycles. The van der Waals surface area contributed by atoms with Crippen LogP contribution in [0, 0.1) is 0 Å². The topological polar surface area (TPSA) is 63.7 Å². The molecular weight excluding hydrogens is 346 g/mol. The van der Waals surface area contributed by atoms with E-state index in [1.807, 2.05) is 12.1 Å². The Kier molecular flexibility index (Phi) is 6.01. The second-order valence-electron chi connectivity index (χ2n) is 4.69. The molecule has 0 N–H and O–H groups in total. The molecule has 1 amide bonds. The predicted octanol–water partition coefficient (Wildman–Crippen LogP) is 1.72. The van der Waals surface area contributed by atoms with Gasteiger partial charge < -0.3 is 9.64 Å². The molecule has 1 aromatic rings. The summed E-state index contributed by atoms with van der Waals surface area (Å²) >= 11 is 3.31. The van der Waals surface area contributed by atoms with Gasteiger partial charge in [0, 0.05) is 23.8 Å². The zero-order valence-electron chi connectivity index (χ0n) is 11.7. The van der Waals surface area contributed by atoms with E-state index in [9.17, 15) is 13.2 Å². The fraction of sp³-hybridized carbons (Fsp3) is 0.462. The van der Waals surface area contributed by atoms with Crippen molar-refractivity contribution in [3.63, 3.8) is 0 Å². The van der Waals surface area contributed by atoms with E-state index in [1.54, 1.807) is 26.1 Å². The van der Waals surface area contributed by atoms with Crippen LogP contribution < -0.4 is 4.74 Å². The van der Waals surface area contributed by atoms with Crippen molar-refractivity contribution in [2.24, 2.45) is 0 Å².